The molecule has 0 atom stereocenters. The second-order valence-electron chi connectivity index (χ2n) is 12.6. The molecule has 0 spiro atoms. The van der Waals surface area contributed by atoms with Gasteiger partial charge in [0.25, 0.3) is 0 Å². The fraction of sp³-hybridized carbons (Fsp3) is 0. The van der Waals surface area contributed by atoms with E-state index >= 15 is 0 Å². The molecule has 1 aliphatic heterocycles. The number of nitrogens with zero attached hydrogens (tertiary/aromatic N) is 2. The number of benzene rings is 8. The maximum Gasteiger partial charge on any atom is 0.0645 e. The van der Waals surface area contributed by atoms with Gasteiger partial charge in [-0.3, -0.25) is 0 Å². The van der Waals surface area contributed by atoms with Crippen molar-refractivity contribution in [1.82, 2.24) is 9.13 Å². The predicted octanol–water partition coefficient (Wildman–Crippen LogP) is 12.8. The Bertz CT molecular complexity index is 3230. The van der Waals surface area contributed by atoms with Crippen molar-refractivity contribution in [2.75, 3.05) is 0 Å². The summed E-state index contributed by atoms with van der Waals surface area (Å²) in [6.45, 7) is 0. The van der Waals surface area contributed by atoms with Gasteiger partial charge >= 0.3 is 0 Å². The summed E-state index contributed by atoms with van der Waals surface area (Å²) in [4.78, 5) is 2.53. The van der Waals surface area contributed by atoms with Gasteiger partial charge in [-0.05, 0) is 94.3 Å². The monoisotopic (exact) mass is 645 g/mol. The average molecular weight is 646 g/mol. The first kappa shape index (κ1) is 22.5. The first-order valence-corrected chi connectivity index (χ1v) is 17.2. The van der Waals surface area contributed by atoms with E-state index in [-0.39, 0.29) is 29.9 Å². The SMILES string of the molecule is [2H]c1c([2H])c([2H])c(-n2c3ccccc3c3cc(-c4ccc5c(c4)c4c6cccc7c6c(cc4n5-c4ccccc4)Sc4ccccc4-7)ccc32)c([2H])c1[2H]. The Kier molecular flexibility index (Phi) is 4.70. The molecule has 0 saturated carbocycles. The zero-order valence-corrected chi connectivity index (χ0v) is 26.9. The van der Waals surface area contributed by atoms with Gasteiger partial charge in [0.1, 0.15) is 0 Å². The van der Waals surface area contributed by atoms with Gasteiger partial charge in [0.15, 0.2) is 0 Å². The molecule has 2 aromatic heterocycles. The first-order valence-electron chi connectivity index (χ1n) is 18.9. The summed E-state index contributed by atoms with van der Waals surface area (Å²) in [5, 5.41) is 6.79. The van der Waals surface area contributed by atoms with Crippen LogP contribution >= 0.6 is 11.8 Å². The van der Waals surface area contributed by atoms with Crippen LogP contribution in [0.1, 0.15) is 6.85 Å². The van der Waals surface area contributed by atoms with Crippen molar-refractivity contribution in [1.29, 1.82) is 0 Å². The minimum atomic E-state index is -0.401. The van der Waals surface area contributed by atoms with Crippen molar-refractivity contribution in [3.63, 3.8) is 0 Å². The predicted molar refractivity (Wildman–Crippen MR) is 208 cm³/mol. The second-order valence-corrected chi connectivity index (χ2v) is 13.6. The summed E-state index contributed by atoms with van der Waals surface area (Å²) in [7, 11) is 0. The Balaban J connectivity index is 1.19. The third-order valence-corrected chi connectivity index (χ3v) is 11.1. The fourth-order valence-electron chi connectivity index (χ4n) is 7.94. The Morgan fingerprint density at radius 2 is 1.06 bits per heavy atom. The molecule has 228 valence electrons. The van der Waals surface area contributed by atoms with E-state index in [1.165, 1.54) is 42.5 Å². The number of fused-ring (bicyclic) bond motifs is 9. The number of para-hydroxylation sites is 3. The van der Waals surface area contributed by atoms with Crippen LogP contribution in [0.4, 0.5) is 0 Å². The summed E-state index contributed by atoms with van der Waals surface area (Å²) in [5.74, 6) is 0. The van der Waals surface area contributed by atoms with E-state index in [1.807, 2.05) is 46.7 Å². The van der Waals surface area contributed by atoms with Crippen molar-refractivity contribution in [2.45, 2.75) is 9.79 Å². The summed E-state index contributed by atoms with van der Waals surface area (Å²) >= 11 is 1.84. The van der Waals surface area contributed by atoms with Crippen molar-refractivity contribution < 1.29 is 6.85 Å². The molecular formula is C46H28N2S. The van der Waals surface area contributed by atoms with Gasteiger partial charge in [-0.25, -0.2) is 0 Å². The molecule has 0 aliphatic carbocycles. The molecule has 11 rings (SSSR count). The number of rotatable bonds is 3. The van der Waals surface area contributed by atoms with Crippen LogP contribution < -0.4 is 0 Å². The van der Waals surface area contributed by atoms with Crippen LogP contribution in [-0.4, -0.2) is 9.13 Å². The Morgan fingerprint density at radius 1 is 0.408 bits per heavy atom. The van der Waals surface area contributed by atoms with E-state index < -0.39 is 6.04 Å². The number of hydrogen-bond acceptors (Lipinski definition) is 1. The largest absolute Gasteiger partial charge is 0.309 e. The van der Waals surface area contributed by atoms with Gasteiger partial charge in [-0.2, -0.15) is 0 Å². The molecule has 0 N–H and O–H groups in total. The molecule has 8 aromatic carbocycles. The van der Waals surface area contributed by atoms with E-state index in [9.17, 15) is 0 Å². The zero-order valence-electron chi connectivity index (χ0n) is 31.1. The third-order valence-electron chi connectivity index (χ3n) is 9.98. The standard InChI is InChI=1S/C46H28N2S/c1-3-12-31(13-4-1)47-39-20-9-7-16-33(39)37-26-29(22-24-40(37)47)30-23-25-41-38(27-30)45-36-19-11-18-35-34-17-8-10-21-43(34)49-44(46(35)36)28-42(45)48(41)32-14-5-2-6-15-32/h1-28H/i1D,3D,4D,12D,13D. The summed E-state index contributed by atoms with van der Waals surface area (Å²) in [6, 6.07) is 47.6. The zero-order chi connectivity index (χ0) is 36.4. The van der Waals surface area contributed by atoms with Gasteiger partial charge in [-0.1, -0.05) is 115 Å². The van der Waals surface area contributed by atoms with Crippen LogP contribution in [0.5, 0.6) is 0 Å². The van der Waals surface area contributed by atoms with E-state index in [4.69, 9.17) is 6.85 Å². The molecule has 0 bridgehead atoms. The van der Waals surface area contributed by atoms with Crippen LogP contribution in [0.25, 0.3) is 88.0 Å². The van der Waals surface area contributed by atoms with Crippen LogP contribution in [-0.2, 0) is 0 Å². The molecule has 0 radical (unpaired) electrons. The molecule has 1 aliphatic rings. The second kappa shape index (κ2) is 10.2. The fourth-order valence-corrected chi connectivity index (χ4v) is 9.10. The lowest BCUT2D eigenvalue weighted by Gasteiger charge is -2.21. The van der Waals surface area contributed by atoms with Gasteiger partial charge in [0, 0.05) is 48.1 Å². The minimum absolute atomic E-state index is 0.148. The minimum Gasteiger partial charge on any atom is -0.309 e. The quantitative estimate of drug-likeness (QED) is 0.186. The average Bonchev–Trinajstić information content (AvgIpc) is 3.72. The molecule has 0 saturated heterocycles. The van der Waals surface area contributed by atoms with Crippen molar-refractivity contribution >= 4 is 66.1 Å². The Morgan fingerprint density at radius 3 is 1.92 bits per heavy atom. The van der Waals surface area contributed by atoms with Crippen molar-refractivity contribution in [2.24, 2.45) is 0 Å². The molecular weight excluding hydrogens is 613 g/mol. The molecule has 0 amide bonds. The van der Waals surface area contributed by atoms with Crippen molar-refractivity contribution in [3.05, 3.63) is 170 Å². The molecule has 0 fully saturated rings. The van der Waals surface area contributed by atoms with E-state index in [1.54, 1.807) is 0 Å². The summed E-state index contributed by atoms with van der Waals surface area (Å²) in [5.41, 5.74) is 9.73. The third kappa shape index (κ3) is 3.85. The normalized spacial score (nSPS) is 13.8. The Hall–Kier alpha value is -6.03. The molecule has 3 heteroatoms. The highest BCUT2D eigenvalue weighted by molar-refractivity contribution is 7.99. The van der Waals surface area contributed by atoms with E-state index in [0.717, 1.165) is 49.7 Å². The Labute approximate surface area is 294 Å². The highest BCUT2D eigenvalue weighted by atomic mass is 32.2. The molecule has 10 aromatic rings. The van der Waals surface area contributed by atoms with Gasteiger partial charge < -0.3 is 9.13 Å². The van der Waals surface area contributed by atoms with Crippen molar-refractivity contribution in [3.8, 4) is 33.6 Å². The van der Waals surface area contributed by atoms with Crippen LogP contribution in [0.15, 0.2) is 180 Å². The molecule has 0 unspecified atom stereocenters. The summed E-state index contributed by atoms with van der Waals surface area (Å²) in [6.07, 6.45) is 0. The maximum atomic E-state index is 8.78. The summed E-state index contributed by atoms with van der Waals surface area (Å²) < 4.78 is 46.7. The lowest BCUT2D eigenvalue weighted by molar-refractivity contribution is 1.18. The van der Waals surface area contributed by atoms with Gasteiger partial charge in [0.05, 0.1) is 28.9 Å². The highest BCUT2D eigenvalue weighted by Gasteiger charge is 2.24. The lowest BCUT2D eigenvalue weighted by Crippen LogP contribution is -1.96. The number of aromatic nitrogens is 2. The molecule has 49 heavy (non-hydrogen) atoms. The van der Waals surface area contributed by atoms with Crippen LogP contribution in [0.2, 0.25) is 0 Å². The van der Waals surface area contributed by atoms with Gasteiger partial charge in [0.2, 0.25) is 0 Å². The molecule has 3 heterocycles. The number of hydrogen-bond donors (Lipinski definition) is 0. The topological polar surface area (TPSA) is 9.86 Å². The highest BCUT2D eigenvalue weighted by Crippen LogP contribution is 2.51. The van der Waals surface area contributed by atoms with Crippen LogP contribution in [0.3, 0.4) is 0 Å². The van der Waals surface area contributed by atoms with E-state index in [2.05, 4.69) is 114 Å². The smallest absolute Gasteiger partial charge is 0.0645 e. The van der Waals surface area contributed by atoms with Gasteiger partial charge in [-0.15, -0.1) is 0 Å². The lowest BCUT2D eigenvalue weighted by atomic mass is 9.94. The van der Waals surface area contributed by atoms with E-state index in [0.29, 0.717) is 0 Å². The maximum absolute atomic E-state index is 8.78. The molecule has 2 nitrogen and oxygen atoms in total. The first-order chi connectivity index (χ1) is 26.4. The van der Waals surface area contributed by atoms with Crippen LogP contribution in [0, 0.1) is 0 Å².